The van der Waals surface area contributed by atoms with Gasteiger partial charge < -0.3 is 10.1 Å². The van der Waals surface area contributed by atoms with Crippen LogP contribution in [0.2, 0.25) is 5.02 Å². The largest absolute Gasteiger partial charge is 0.484 e. The van der Waals surface area contributed by atoms with Gasteiger partial charge in [-0.3, -0.25) is 4.79 Å². The second-order valence-electron chi connectivity index (χ2n) is 4.78. The van der Waals surface area contributed by atoms with Crippen molar-refractivity contribution in [3.63, 3.8) is 0 Å². The van der Waals surface area contributed by atoms with Gasteiger partial charge in [0.2, 0.25) is 0 Å². The van der Waals surface area contributed by atoms with Crippen molar-refractivity contribution in [3.8, 4) is 5.75 Å². The highest BCUT2D eigenvalue weighted by atomic mass is 35.5. The summed E-state index contributed by atoms with van der Waals surface area (Å²) in [5.74, 6) is 0.449. The lowest BCUT2D eigenvalue weighted by Gasteiger charge is -2.12. The Morgan fingerprint density at radius 1 is 1.48 bits per heavy atom. The molecule has 1 amide bonds. The Bertz CT molecular complexity index is 642. The smallest absolute Gasteiger partial charge is 0.258 e. The number of hydrogen-bond acceptors (Lipinski definition) is 4. The highest BCUT2D eigenvalue weighted by molar-refractivity contribution is 7.09. The van der Waals surface area contributed by atoms with Crippen LogP contribution in [0, 0.1) is 13.8 Å². The van der Waals surface area contributed by atoms with Crippen molar-refractivity contribution in [3.05, 3.63) is 44.9 Å². The molecule has 1 aromatic heterocycles. The standard InChI is InChI=1S/C15H17ClN2O2S/c1-9-6-12(4-5-13(9)16)20-7-15(19)17-10(2)14-8-21-11(3)18-14/h4-6,8,10H,7H2,1-3H3,(H,17,19). The molecule has 0 radical (unpaired) electrons. The van der Waals surface area contributed by atoms with Crippen molar-refractivity contribution in [1.29, 1.82) is 0 Å². The van der Waals surface area contributed by atoms with Gasteiger partial charge in [0.25, 0.3) is 5.91 Å². The summed E-state index contributed by atoms with van der Waals surface area (Å²) in [7, 11) is 0. The Hall–Kier alpha value is -1.59. The number of carbonyl (C=O) groups is 1. The maximum atomic E-state index is 11.9. The number of ether oxygens (including phenoxy) is 1. The van der Waals surface area contributed by atoms with E-state index >= 15 is 0 Å². The fourth-order valence-electron chi connectivity index (χ4n) is 1.79. The van der Waals surface area contributed by atoms with Crippen LogP contribution in [0.4, 0.5) is 0 Å². The predicted octanol–water partition coefficient (Wildman–Crippen LogP) is 3.67. The van der Waals surface area contributed by atoms with Gasteiger partial charge >= 0.3 is 0 Å². The molecule has 2 aromatic rings. The molecule has 1 N–H and O–H groups in total. The highest BCUT2D eigenvalue weighted by Gasteiger charge is 2.12. The minimum Gasteiger partial charge on any atom is -0.484 e. The first-order valence-corrected chi connectivity index (χ1v) is 7.82. The summed E-state index contributed by atoms with van der Waals surface area (Å²) < 4.78 is 5.46. The Labute approximate surface area is 133 Å². The lowest BCUT2D eigenvalue weighted by atomic mass is 10.2. The molecule has 0 spiro atoms. The number of nitrogens with zero attached hydrogens (tertiary/aromatic N) is 1. The summed E-state index contributed by atoms with van der Waals surface area (Å²) in [5.41, 5.74) is 1.79. The first kappa shape index (κ1) is 15.8. The molecule has 4 nitrogen and oxygen atoms in total. The highest BCUT2D eigenvalue weighted by Crippen LogP contribution is 2.21. The van der Waals surface area contributed by atoms with E-state index in [1.165, 1.54) is 0 Å². The molecule has 0 bridgehead atoms. The van der Waals surface area contributed by atoms with Crippen LogP contribution in [0.3, 0.4) is 0 Å². The number of halogens is 1. The summed E-state index contributed by atoms with van der Waals surface area (Å²) >= 11 is 7.51. The zero-order valence-corrected chi connectivity index (χ0v) is 13.7. The molecule has 0 saturated carbocycles. The molecule has 1 heterocycles. The van der Waals surface area contributed by atoms with Crippen LogP contribution in [-0.4, -0.2) is 17.5 Å². The van der Waals surface area contributed by atoms with E-state index in [0.717, 1.165) is 16.3 Å². The van der Waals surface area contributed by atoms with Crippen molar-refractivity contribution >= 4 is 28.8 Å². The molecule has 0 aliphatic carbocycles. The van der Waals surface area contributed by atoms with Crippen molar-refractivity contribution in [2.45, 2.75) is 26.8 Å². The Morgan fingerprint density at radius 3 is 2.86 bits per heavy atom. The second-order valence-corrected chi connectivity index (χ2v) is 6.25. The molecule has 6 heteroatoms. The molecular formula is C15H17ClN2O2S. The summed E-state index contributed by atoms with van der Waals surface area (Å²) in [6, 6.07) is 5.18. The van der Waals surface area contributed by atoms with E-state index in [2.05, 4.69) is 10.3 Å². The fourth-order valence-corrected chi connectivity index (χ4v) is 2.62. The third kappa shape index (κ3) is 4.44. The monoisotopic (exact) mass is 324 g/mol. The normalized spacial score (nSPS) is 12.0. The Balaban J connectivity index is 1.85. The maximum absolute atomic E-state index is 11.9. The zero-order chi connectivity index (χ0) is 15.4. The van der Waals surface area contributed by atoms with Crippen LogP contribution in [0.1, 0.15) is 29.2 Å². The van der Waals surface area contributed by atoms with Gasteiger partial charge in [-0.05, 0) is 44.5 Å². The Kier molecular flexibility index (Phi) is 5.20. The number of aryl methyl sites for hydroxylation is 2. The first-order valence-electron chi connectivity index (χ1n) is 6.56. The number of aromatic nitrogens is 1. The average Bonchev–Trinajstić information content (AvgIpc) is 2.87. The molecule has 112 valence electrons. The SMILES string of the molecule is Cc1nc(C(C)NC(=O)COc2ccc(Cl)c(C)c2)cs1. The first-order chi connectivity index (χ1) is 9.95. The molecule has 0 saturated heterocycles. The second kappa shape index (κ2) is 6.91. The predicted molar refractivity (Wildman–Crippen MR) is 85.1 cm³/mol. The van der Waals surface area contributed by atoms with Crippen LogP contribution in [0.15, 0.2) is 23.6 Å². The number of carbonyl (C=O) groups excluding carboxylic acids is 1. The van der Waals surface area contributed by atoms with Gasteiger partial charge in [-0.15, -0.1) is 11.3 Å². The summed E-state index contributed by atoms with van der Waals surface area (Å²) in [4.78, 5) is 16.2. The average molecular weight is 325 g/mol. The molecule has 1 unspecified atom stereocenters. The summed E-state index contributed by atoms with van der Waals surface area (Å²) in [6.45, 7) is 5.70. The number of rotatable bonds is 5. The van der Waals surface area contributed by atoms with Crippen molar-refractivity contribution < 1.29 is 9.53 Å². The molecular weight excluding hydrogens is 308 g/mol. The van der Waals surface area contributed by atoms with E-state index in [0.29, 0.717) is 10.8 Å². The topological polar surface area (TPSA) is 51.2 Å². The van der Waals surface area contributed by atoms with E-state index in [-0.39, 0.29) is 18.6 Å². The summed E-state index contributed by atoms with van der Waals surface area (Å²) in [6.07, 6.45) is 0. The van der Waals surface area contributed by atoms with Crippen LogP contribution in [0.25, 0.3) is 0 Å². The van der Waals surface area contributed by atoms with Crippen molar-refractivity contribution in [1.82, 2.24) is 10.3 Å². The van der Waals surface area contributed by atoms with Gasteiger partial charge in [-0.25, -0.2) is 4.98 Å². The lowest BCUT2D eigenvalue weighted by Crippen LogP contribution is -2.31. The van der Waals surface area contributed by atoms with Crippen molar-refractivity contribution in [2.24, 2.45) is 0 Å². The third-order valence-electron chi connectivity index (χ3n) is 2.96. The molecule has 0 fully saturated rings. The van der Waals surface area contributed by atoms with Crippen LogP contribution in [0.5, 0.6) is 5.75 Å². The Morgan fingerprint density at radius 2 is 2.24 bits per heavy atom. The number of thiazole rings is 1. The number of amides is 1. The van der Waals surface area contributed by atoms with Gasteiger partial charge in [0.1, 0.15) is 5.75 Å². The van der Waals surface area contributed by atoms with Gasteiger partial charge in [-0.1, -0.05) is 11.6 Å². The minimum absolute atomic E-state index is 0.0332. The van der Waals surface area contributed by atoms with E-state index in [4.69, 9.17) is 16.3 Å². The molecule has 0 aliphatic rings. The molecule has 2 rings (SSSR count). The fraction of sp³-hybridized carbons (Fsp3) is 0.333. The van der Waals surface area contributed by atoms with Crippen LogP contribution < -0.4 is 10.1 Å². The van der Waals surface area contributed by atoms with Crippen LogP contribution >= 0.6 is 22.9 Å². The number of benzene rings is 1. The zero-order valence-electron chi connectivity index (χ0n) is 12.1. The van der Waals surface area contributed by atoms with E-state index < -0.39 is 0 Å². The van der Waals surface area contributed by atoms with E-state index in [9.17, 15) is 4.79 Å². The molecule has 0 aliphatic heterocycles. The minimum atomic E-state index is -0.180. The quantitative estimate of drug-likeness (QED) is 0.913. The lowest BCUT2D eigenvalue weighted by molar-refractivity contribution is -0.123. The maximum Gasteiger partial charge on any atom is 0.258 e. The number of hydrogen-bond donors (Lipinski definition) is 1. The molecule has 1 atom stereocenters. The van der Waals surface area contributed by atoms with Gasteiger partial charge in [0, 0.05) is 10.4 Å². The van der Waals surface area contributed by atoms with Crippen LogP contribution in [-0.2, 0) is 4.79 Å². The van der Waals surface area contributed by atoms with Gasteiger partial charge in [0.15, 0.2) is 6.61 Å². The van der Waals surface area contributed by atoms with E-state index in [1.807, 2.05) is 32.2 Å². The molecule has 1 aromatic carbocycles. The van der Waals surface area contributed by atoms with Crippen molar-refractivity contribution in [2.75, 3.05) is 6.61 Å². The van der Waals surface area contributed by atoms with Gasteiger partial charge in [-0.2, -0.15) is 0 Å². The van der Waals surface area contributed by atoms with Gasteiger partial charge in [0.05, 0.1) is 16.7 Å². The summed E-state index contributed by atoms with van der Waals surface area (Å²) in [5, 5.41) is 6.47. The number of nitrogens with one attached hydrogen (secondary N) is 1. The molecule has 21 heavy (non-hydrogen) atoms. The van der Waals surface area contributed by atoms with E-state index in [1.54, 1.807) is 23.5 Å². The third-order valence-corrected chi connectivity index (χ3v) is 4.17.